The first-order chi connectivity index (χ1) is 12.9. The number of halogens is 2. The molecule has 2 aromatic heterocycles. The summed E-state index contributed by atoms with van der Waals surface area (Å²) in [5.41, 5.74) is 8.53. The lowest BCUT2D eigenvalue weighted by Crippen LogP contribution is -2.10. The van der Waals surface area contributed by atoms with Crippen LogP contribution in [0.2, 0.25) is 0 Å². The molecule has 0 saturated heterocycles. The number of aromatic nitrogens is 1. The third-order valence-electron chi connectivity index (χ3n) is 5.06. The second-order valence-corrected chi connectivity index (χ2v) is 7.74. The zero-order valence-corrected chi connectivity index (χ0v) is 17.9. The molecular weight excluding hydrogens is 443 g/mol. The number of aromatic amines is 1. The Labute approximate surface area is 175 Å². The average Bonchev–Trinajstić information content (AvgIpc) is 3.13. The SMILES string of the molecule is Br.Cc1cc(O)c(-c2ccc([C@H](C)CN)c(F)c2)c2c1[nH]c(=O)c1sccc12. The first-order valence-corrected chi connectivity index (χ1v) is 9.56. The van der Waals surface area contributed by atoms with E-state index in [4.69, 9.17) is 5.73 Å². The number of hydrogen-bond acceptors (Lipinski definition) is 4. The van der Waals surface area contributed by atoms with Gasteiger partial charge in [0.1, 0.15) is 16.3 Å². The Kier molecular flexibility index (Phi) is 5.61. The Morgan fingerprint density at radius 1 is 1.29 bits per heavy atom. The summed E-state index contributed by atoms with van der Waals surface area (Å²) in [4.78, 5) is 15.3. The lowest BCUT2D eigenvalue weighted by atomic mass is 9.92. The van der Waals surface area contributed by atoms with Crippen LogP contribution in [0.25, 0.3) is 32.1 Å². The average molecular weight is 463 g/mol. The van der Waals surface area contributed by atoms with E-state index in [-0.39, 0.29) is 40.0 Å². The van der Waals surface area contributed by atoms with E-state index in [1.807, 2.05) is 25.3 Å². The Morgan fingerprint density at radius 3 is 2.71 bits per heavy atom. The van der Waals surface area contributed by atoms with Gasteiger partial charge in [0.25, 0.3) is 5.56 Å². The van der Waals surface area contributed by atoms with Gasteiger partial charge in [0.05, 0.1) is 5.52 Å². The fraction of sp³-hybridized carbons (Fsp3) is 0.190. The van der Waals surface area contributed by atoms with E-state index >= 15 is 0 Å². The molecule has 4 nitrogen and oxygen atoms in total. The maximum atomic E-state index is 14.7. The molecule has 0 aliphatic heterocycles. The lowest BCUT2D eigenvalue weighted by Gasteiger charge is -2.15. The van der Waals surface area contributed by atoms with E-state index < -0.39 is 0 Å². The summed E-state index contributed by atoms with van der Waals surface area (Å²) in [7, 11) is 0. The smallest absolute Gasteiger partial charge is 0.266 e. The number of nitrogens with two attached hydrogens (primary N) is 1. The maximum Gasteiger partial charge on any atom is 0.266 e. The fourth-order valence-electron chi connectivity index (χ4n) is 3.58. The van der Waals surface area contributed by atoms with E-state index in [1.165, 1.54) is 17.4 Å². The molecule has 4 rings (SSSR count). The number of hydrogen-bond donors (Lipinski definition) is 3. The Morgan fingerprint density at radius 2 is 2.04 bits per heavy atom. The highest BCUT2D eigenvalue weighted by Gasteiger charge is 2.19. The molecule has 0 aliphatic rings. The number of phenols is 1. The monoisotopic (exact) mass is 462 g/mol. The van der Waals surface area contributed by atoms with Gasteiger partial charge in [0, 0.05) is 16.3 Å². The van der Waals surface area contributed by atoms with E-state index in [2.05, 4.69) is 4.98 Å². The van der Waals surface area contributed by atoms with Crippen molar-refractivity contribution < 1.29 is 9.50 Å². The summed E-state index contributed by atoms with van der Waals surface area (Å²) in [5, 5.41) is 14.0. The molecule has 28 heavy (non-hydrogen) atoms. The number of aromatic hydroxyl groups is 1. The van der Waals surface area contributed by atoms with Crippen LogP contribution in [-0.2, 0) is 0 Å². The van der Waals surface area contributed by atoms with Crippen molar-refractivity contribution >= 4 is 49.3 Å². The van der Waals surface area contributed by atoms with Gasteiger partial charge in [-0.3, -0.25) is 4.79 Å². The molecule has 0 bridgehead atoms. The highest BCUT2D eigenvalue weighted by Crippen LogP contribution is 2.41. The Balaban J connectivity index is 0.00000225. The van der Waals surface area contributed by atoms with E-state index in [0.29, 0.717) is 33.5 Å². The summed E-state index contributed by atoms with van der Waals surface area (Å²) < 4.78 is 15.3. The zero-order chi connectivity index (χ0) is 19.3. The highest BCUT2D eigenvalue weighted by molar-refractivity contribution is 8.93. The largest absolute Gasteiger partial charge is 0.507 e. The maximum absolute atomic E-state index is 14.7. The minimum Gasteiger partial charge on any atom is -0.507 e. The van der Waals surface area contributed by atoms with E-state index in [1.54, 1.807) is 18.2 Å². The van der Waals surface area contributed by atoms with Gasteiger partial charge in [-0.25, -0.2) is 4.39 Å². The van der Waals surface area contributed by atoms with Crippen LogP contribution in [0.5, 0.6) is 5.75 Å². The second kappa shape index (κ2) is 7.66. The Hall–Kier alpha value is -2.22. The molecule has 2 heterocycles. The molecule has 0 unspecified atom stereocenters. The molecule has 0 fully saturated rings. The molecule has 0 saturated carbocycles. The molecule has 0 amide bonds. The van der Waals surface area contributed by atoms with Gasteiger partial charge in [-0.05, 0) is 59.7 Å². The van der Waals surface area contributed by atoms with E-state index in [9.17, 15) is 14.3 Å². The number of benzene rings is 2. The number of phenolic OH excluding ortho intramolecular Hbond substituents is 1. The predicted molar refractivity (Wildman–Crippen MR) is 120 cm³/mol. The van der Waals surface area contributed by atoms with Crippen molar-refractivity contribution in [2.45, 2.75) is 19.8 Å². The van der Waals surface area contributed by atoms with Crippen molar-refractivity contribution in [1.82, 2.24) is 4.98 Å². The summed E-state index contributed by atoms with van der Waals surface area (Å²) in [5.74, 6) is -0.398. The lowest BCUT2D eigenvalue weighted by molar-refractivity contribution is 0.477. The van der Waals surface area contributed by atoms with Gasteiger partial charge in [0.15, 0.2) is 0 Å². The minimum atomic E-state index is -0.357. The van der Waals surface area contributed by atoms with Gasteiger partial charge < -0.3 is 15.8 Å². The molecule has 7 heteroatoms. The van der Waals surface area contributed by atoms with Crippen molar-refractivity contribution in [3.05, 3.63) is 63.0 Å². The summed E-state index contributed by atoms with van der Waals surface area (Å²) in [6.45, 7) is 4.05. The van der Waals surface area contributed by atoms with Crippen molar-refractivity contribution in [3.8, 4) is 16.9 Å². The summed E-state index contributed by atoms with van der Waals surface area (Å²) in [6, 6.07) is 8.39. The first kappa shape index (κ1) is 20.5. The van der Waals surface area contributed by atoms with Crippen LogP contribution in [0.4, 0.5) is 4.39 Å². The van der Waals surface area contributed by atoms with Crippen LogP contribution in [0.3, 0.4) is 0 Å². The van der Waals surface area contributed by atoms with Gasteiger partial charge in [0.2, 0.25) is 0 Å². The number of nitrogens with one attached hydrogen (secondary N) is 1. The molecule has 4 N–H and O–H groups in total. The minimum absolute atomic E-state index is 0. The number of aryl methyl sites for hydroxylation is 1. The fourth-order valence-corrected chi connectivity index (χ4v) is 4.38. The second-order valence-electron chi connectivity index (χ2n) is 6.83. The van der Waals surface area contributed by atoms with Crippen molar-refractivity contribution in [2.24, 2.45) is 5.73 Å². The van der Waals surface area contributed by atoms with Crippen molar-refractivity contribution in [3.63, 3.8) is 0 Å². The topological polar surface area (TPSA) is 79.1 Å². The molecule has 0 aliphatic carbocycles. The number of H-pyrrole nitrogens is 1. The van der Waals surface area contributed by atoms with Crippen LogP contribution in [-0.4, -0.2) is 16.6 Å². The third-order valence-corrected chi connectivity index (χ3v) is 5.97. The van der Waals surface area contributed by atoms with Crippen LogP contribution >= 0.6 is 28.3 Å². The van der Waals surface area contributed by atoms with Gasteiger partial charge in [-0.15, -0.1) is 28.3 Å². The zero-order valence-electron chi connectivity index (χ0n) is 15.4. The first-order valence-electron chi connectivity index (χ1n) is 8.68. The molecule has 4 aromatic rings. The number of thiophene rings is 1. The number of rotatable bonds is 3. The number of fused-ring (bicyclic) bond motifs is 3. The van der Waals surface area contributed by atoms with E-state index in [0.717, 1.165) is 16.3 Å². The van der Waals surface area contributed by atoms with Gasteiger partial charge in [-0.1, -0.05) is 19.1 Å². The van der Waals surface area contributed by atoms with Gasteiger partial charge >= 0.3 is 0 Å². The van der Waals surface area contributed by atoms with Crippen molar-refractivity contribution in [2.75, 3.05) is 6.54 Å². The number of pyridine rings is 1. The molecule has 0 radical (unpaired) electrons. The molecule has 1 atom stereocenters. The molecule has 146 valence electrons. The predicted octanol–water partition coefficient (Wildman–Crippen LogP) is 5.20. The summed E-state index contributed by atoms with van der Waals surface area (Å²) >= 11 is 1.34. The van der Waals surface area contributed by atoms with Crippen LogP contribution in [0, 0.1) is 12.7 Å². The van der Waals surface area contributed by atoms with Crippen LogP contribution < -0.4 is 11.3 Å². The molecule has 2 aromatic carbocycles. The van der Waals surface area contributed by atoms with Crippen LogP contribution in [0.15, 0.2) is 40.5 Å². The van der Waals surface area contributed by atoms with Crippen molar-refractivity contribution in [1.29, 1.82) is 0 Å². The van der Waals surface area contributed by atoms with Crippen LogP contribution in [0.1, 0.15) is 24.0 Å². The standard InChI is InChI=1S/C21H19FN2O2S.BrH/c1-10-7-16(25)17(12-3-4-13(11(2)9-23)15(22)8-12)18-14-5-6-27-20(14)21(26)24-19(10)18;/h3-8,11,25H,9,23H2,1-2H3,(H,24,26);1H/t11-;/m1./s1. The highest BCUT2D eigenvalue weighted by atomic mass is 79.9. The third kappa shape index (κ3) is 3.13. The summed E-state index contributed by atoms with van der Waals surface area (Å²) in [6.07, 6.45) is 0. The normalized spacial score (nSPS) is 12.3. The molecule has 0 spiro atoms. The Bertz CT molecular complexity index is 1250. The van der Waals surface area contributed by atoms with Gasteiger partial charge in [-0.2, -0.15) is 0 Å². The quantitative estimate of drug-likeness (QED) is 0.391. The molecular formula is C21H20BrFN2O2S.